The van der Waals surface area contributed by atoms with Gasteiger partial charge in [0.15, 0.2) is 5.16 Å². The Hall–Kier alpha value is -2.90. The van der Waals surface area contributed by atoms with Crippen LogP contribution in [0.3, 0.4) is 0 Å². The third-order valence-electron chi connectivity index (χ3n) is 4.52. The quantitative estimate of drug-likeness (QED) is 0.341. The monoisotopic (exact) mass is 421 g/mol. The number of thioether (sulfide) groups is 1. The molecule has 7 heteroatoms. The zero-order valence-electron chi connectivity index (χ0n) is 15.8. The molecule has 4 rings (SSSR count). The predicted octanol–water partition coefficient (Wildman–Crippen LogP) is 4.94. The average molecular weight is 422 g/mol. The van der Waals surface area contributed by atoms with Crippen LogP contribution >= 0.6 is 23.1 Å². The van der Waals surface area contributed by atoms with E-state index < -0.39 is 0 Å². The van der Waals surface area contributed by atoms with E-state index in [0.29, 0.717) is 15.4 Å². The SMILES string of the molecule is CCc1ccccc1NC(=O)CSc1nc2scc(-c3ccccc3)c2c(=O)[nH]1. The molecule has 0 aliphatic heterocycles. The van der Waals surface area contributed by atoms with Gasteiger partial charge < -0.3 is 10.3 Å². The molecular formula is C22H19N3O2S2. The smallest absolute Gasteiger partial charge is 0.260 e. The fourth-order valence-electron chi connectivity index (χ4n) is 3.10. The van der Waals surface area contributed by atoms with Crippen LogP contribution in [0.1, 0.15) is 12.5 Å². The van der Waals surface area contributed by atoms with E-state index in [0.717, 1.165) is 28.8 Å². The molecule has 0 atom stereocenters. The summed E-state index contributed by atoms with van der Waals surface area (Å²) in [6, 6.07) is 17.5. The van der Waals surface area contributed by atoms with Crippen molar-refractivity contribution < 1.29 is 4.79 Å². The summed E-state index contributed by atoms with van der Waals surface area (Å²) < 4.78 is 0. The lowest BCUT2D eigenvalue weighted by atomic mass is 10.1. The highest BCUT2D eigenvalue weighted by molar-refractivity contribution is 7.99. The molecule has 2 heterocycles. The maximum Gasteiger partial charge on any atom is 0.260 e. The third kappa shape index (κ3) is 4.26. The molecule has 4 aromatic rings. The van der Waals surface area contributed by atoms with Crippen LogP contribution in [0.2, 0.25) is 0 Å². The molecular weight excluding hydrogens is 402 g/mol. The standard InChI is InChI=1S/C22H19N3O2S2/c1-2-14-8-6-7-11-17(14)23-18(26)13-29-22-24-20(27)19-16(12-28-21(19)25-22)15-9-4-3-5-10-15/h3-12H,2,13H2,1H3,(H,23,26)(H,24,25,27). The van der Waals surface area contributed by atoms with Gasteiger partial charge in [0.05, 0.1) is 11.1 Å². The molecule has 5 nitrogen and oxygen atoms in total. The molecule has 2 N–H and O–H groups in total. The Kier molecular flexibility index (Phi) is 5.78. The van der Waals surface area contributed by atoms with Crippen molar-refractivity contribution in [1.82, 2.24) is 9.97 Å². The van der Waals surface area contributed by atoms with Crippen LogP contribution in [0.5, 0.6) is 0 Å². The van der Waals surface area contributed by atoms with E-state index in [4.69, 9.17) is 0 Å². The van der Waals surface area contributed by atoms with Crippen molar-refractivity contribution in [3.63, 3.8) is 0 Å². The van der Waals surface area contributed by atoms with Crippen LogP contribution in [-0.4, -0.2) is 21.6 Å². The summed E-state index contributed by atoms with van der Waals surface area (Å²) in [4.78, 5) is 33.0. The minimum Gasteiger partial charge on any atom is -0.325 e. The number of thiophene rings is 1. The zero-order chi connectivity index (χ0) is 20.2. The largest absolute Gasteiger partial charge is 0.325 e. The van der Waals surface area contributed by atoms with E-state index in [-0.39, 0.29) is 17.2 Å². The lowest BCUT2D eigenvalue weighted by Crippen LogP contribution is -2.16. The summed E-state index contributed by atoms with van der Waals surface area (Å²) in [6.45, 7) is 2.05. The molecule has 29 heavy (non-hydrogen) atoms. The van der Waals surface area contributed by atoms with Crippen molar-refractivity contribution in [2.45, 2.75) is 18.5 Å². The van der Waals surface area contributed by atoms with Crippen molar-refractivity contribution in [1.29, 1.82) is 0 Å². The molecule has 1 amide bonds. The van der Waals surface area contributed by atoms with Crippen molar-refractivity contribution in [3.05, 3.63) is 75.9 Å². The number of rotatable bonds is 6. The van der Waals surface area contributed by atoms with E-state index >= 15 is 0 Å². The van der Waals surface area contributed by atoms with Crippen LogP contribution in [0.4, 0.5) is 5.69 Å². The van der Waals surface area contributed by atoms with Crippen molar-refractivity contribution in [2.75, 3.05) is 11.1 Å². The van der Waals surface area contributed by atoms with Gasteiger partial charge in [0.1, 0.15) is 4.83 Å². The number of amides is 1. The van der Waals surface area contributed by atoms with E-state index in [1.54, 1.807) is 0 Å². The maximum absolute atomic E-state index is 12.7. The van der Waals surface area contributed by atoms with Crippen LogP contribution in [-0.2, 0) is 11.2 Å². The van der Waals surface area contributed by atoms with Crippen molar-refractivity contribution in [2.24, 2.45) is 0 Å². The Morgan fingerprint density at radius 2 is 1.90 bits per heavy atom. The molecule has 0 aliphatic carbocycles. The summed E-state index contributed by atoms with van der Waals surface area (Å²) in [6.07, 6.45) is 0.845. The second kappa shape index (κ2) is 8.63. The Balaban J connectivity index is 1.51. The van der Waals surface area contributed by atoms with Gasteiger partial charge >= 0.3 is 0 Å². The number of nitrogens with zero attached hydrogens (tertiary/aromatic N) is 1. The molecule has 2 aromatic heterocycles. The van der Waals surface area contributed by atoms with E-state index in [1.807, 2.05) is 66.9 Å². The minimum atomic E-state index is -0.186. The van der Waals surface area contributed by atoms with Gasteiger partial charge in [-0.15, -0.1) is 11.3 Å². The number of aryl methyl sites for hydroxylation is 1. The molecule has 0 radical (unpaired) electrons. The molecule has 0 unspecified atom stereocenters. The topological polar surface area (TPSA) is 74.8 Å². The van der Waals surface area contributed by atoms with Gasteiger partial charge in [-0.2, -0.15) is 0 Å². The molecule has 0 fully saturated rings. The number of benzene rings is 2. The normalized spacial score (nSPS) is 10.9. The Morgan fingerprint density at radius 1 is 1.14 bits per heavy atom. The first-order valence-electron chi connectivity index (χ1n) is 9.23. The molecule has 0 aliphatic rings. The second-order valence-corrected chi connectivity index (χ2v) is 8.24. The van der Waals surface area contributed by atoms with E-state index in [1.165, 1.54) is 23.1 Å². The first kappa shape index (κ1) is 19.4. The third-order valence-corrected chi connectivity index (χ3v) is 6.26. The summed E-state index contributed by atoms with van der Waals surface area (Å²) >= 11 is 2.66. The number of aromatic nitrogens is 2. The van der Waals surface area contributed by atoms with Crippen molar-refractivity contribution in [3.8, 4) is 11.1 Å². The van der Waals surface area contributed by atoms with Gasteiger partial charge in [0.25, 0.3) is 5.56 Å². The predicted molar refractivity (Wildman–Crippen MR) is 121 cm³/mol. The van der Waals surface area contributed by atoms with Crippen LogP contribution in [0, 0.1) is 0 Å². The number of aromatic amines is 1. The summed E-state index contributed by atoms with van der Waals surface area (Å²) in [7, 11) is 0. The van der Waals surface area contributed by atoms with Crippen LogP contribution in [0.15, 0.2) is 69.9 Å². The number of hydrogen-bond acceptors (Lipinski definition) is 5. The van der Waals surface area contributed by atoms with Crippen molar-refractivity contribution >= 4 is 44.9 Å². The first-order chi connectivity index (χ1) is 14.2. The van der Waals surface area contributed by atoms with Gasteiger partial charge in [-0.1, -0.05) is 67.2 Å². The molecule has 0 spiro atoms. The van der Waals surface area contributed by atoms with Crippen LogP contribution < -0.4 is 10.9 Å². The number of H-pyrrole nitrogens is 1. The molecule has 0 saturated carbocycles. The minimum absolute atomic E-state index is 0.130. The summed E-state index contributed by atoms with van der Waals surface area (Å²) in [5.74, 6) is 0.0402. The number of fused-ring (bicyclic) bond motifs is 1. The van der Waals surface area contributed by atoms with Gasteiger partial charge in [-0.05, 0) is 23.6 Å². The number of anilines is 1. The molecule has 0 saturated heterocycles. The highest BCUT2D eigenvalue weighted by Crippen LogP contribution is 2.31. The average Bonchev–Trinajstić information content (AvgIpc) is 3.18. The lowest BCUT2D eigenvalue weighted by molar-refractivity contribution is -0.113. The zero-order valence-corrected chi connectivity index (χ0v) is 17.4. The van der Waals surface area contributed by atoms with Gasteiger partial charge in [0, 0.05) is 16.6 Å². The first-order valence-corrected chi connectivity index (χ1v) is 11.1. The van der Waals surface area contributed by atoms with Gasteiger partial charge in [-0.25, -0.2) is 4.98 Å². The van der Waals surface area contributed by atoms with Crippen LogP contribution in [0.25, 0.3) is 21.3 Å². The Labute approximate surface area is 176 Å². The van der Waals surface area contributed by atoms with Gasteiger partial charge in [0.2, 0.25) is 5.91 Å². The summed E-state index contributed by atoms with van der Waals surface area (Å²) in [5.41, 5.74) is 3.59. The Bertz CT molecular complexity index is 1220. The highest BCUT2D eigenvalue weighted by atomic mass is 32.2. The molecule has 2 aromatic carbocycles. The van der Waals surface area contributed by atoms with E-state index in [2.05, 4.69) is 15.3 Å². The number of carbonyl (C=O) groups is 1. The molecule has 0 bridgehead atoms. The number of hydrogen-bond donors (Lipinski definition) is 2. The number of carbonyl (C=O) groups excluding carboxylic acids is 1. The maximum atomic E-state index is 12.7. The van der Waals surface area contributed by atoms with Gasteiger partial charge in [-0.3, -0.25) is 9.59 Å². The fourth-order valence-corrected chi connectivity index (χ4v) is 4.76. The van der Waals surface area contributed by atoms with E-state index in [9.17, 15) is 9.59 Å². The lowest BCUT2D eigenvalue weighted by Gasteiger charge is -2.09. The summed E-state index contributed by atoms with van der Waals surface area (Å²) in [5, 5.41) is 5.92. The number of para-hydroxylation sites is 1. The second-order valence-electron chi connectivity index (χ2n) is 6.41. The highest BCUT2D eigenvalue weighted by Gasteiger charge is 2.14. The fraction of sp³-hybridized carbons (Fsp3) is 0.136. The molecule has 146 valence electrons. The number of nitrogens with one attached hydrogen (secondary N) is 2. The Morgan fingerprint density at radius 3 is 2.69 bits per heavy atom.